The van der Waals surface area contributed by atoms with Gasteiger partial charge in [0.15, 0.2) is 0 Å². The highest BCUT2D eigenvalue weighted by Gasteiger charge is 2.20. The Hall–Kier alpha value is -0.200. The molecular weight excluding hydrogens is 244 g/mol. The lowest BCUT2D eigenvalue weighted by Gasteiger charge is -2.35. The average molecular weight is 274 g/mol. The quantitative estimate of drug-likeness (QED) is 0.502. The number of nitrogens with zero attached hydrogens (tertiary/aromatic N) is 1. The van der Waals surface area contributed by atoms with E-state index in [1.807, 2.05) is 0 Å². The first-order valence-corrected chi connectivity index (χ1v) is 7.48. The molecule has 1 saturated heterocycles. The molecule has 1 N–H and O–H groups in total. The SMILES string of the molecule is CCCCOCCOCCOCCN(C)C1CNC1. The van der Waals surface area contributed by atoms with Crippen LogP contribution in [-0.4, -0.2) is 77.3 Å². The molecule has 5 nitrogen and oxygen atoms in total. The van der Waals surface area contributed by atoms with Gasteiger partial charge in [0, 0.05) is 32.3 Å². The molecule has 1 aliphatic heterocycles. The van der Waals surface area contributed by atoms with Gasteiger partial charge >= 0.3 is 0 Å². The van der Waals surface area contributed by atoms with Crippen molar-refractivity contribution in [2.75, 3.05) is 66.3 Å². The van der Waals surface area contributed by atoms with Crippen LogP contribution < -0.4 is 5.32 Å². The highest BCUT2D eigenvalue weighted by molar-refractivity contribution is 4.82. The van der Waals surface area contributed by atoms with E-state index in [1.54, 1.807) is 0 Å². The molecule has 0 saturated carbocycles. The average Bonchev–Trinajstić information content (AvgIpc) is 2.34. The van der Waals surface area contributed by atoms with Gasteiger partial charge in [0.2, 0.25) is 0 Å². The lowest BCUT2D eigenvalue weighted by atomic mass is 10.1. The fourth-order valence-electron chi connectivity index (χ4n) is 1.76. The molecule has 0 amide bonds. The molecule has 0 atom stereocenters. The van der Waals surface area contributed by atoms with E-state index < -0.39 is 0 Å². The van der Waals surface area contributed by atoms with Crippen molar-refractivity contribution in [1.82, 2.24) is 10.2 Å². The molecule has 19 heavy (non-hydrogen) atoms. The predicted octanol–water partition coefficient (Wildman–Crippen LogP) is 0.740. The van der Waals surface area contributed by atoms with Crippen LogP contribution in [0.1, 0.15) is 19.8 Å². The minimum absolute atomic E-state index is 0.659. The molecule has 5 heteroatoms. The van der Waals surface area contributed by atoms with E-state index in [0.717, 1.165) is 39.3 Å². The molecule has 1 aliphatic rings. The van der Waals surface area contributed by atoms with Crippen molar-refractivity contribution < 1.29 is 14.2 Å². The van der Waals surface area contributed by atoms with Crippen LogP contribution in [0, 0.1) is 0 Å². The Balaban J connectivity index is 1.71. The highest BCUT2D eigenvalue weighted by Crippen LogP contribution is 2.00. The molecule has 0 spiro atoms. The second kappa shape index (κ2) is 11.6. The molecule has 0 bridgehead atoms. The van der Waals surface area contributed by atoms with Gasteiger partial charge in [-0.25, -0.2) is 0 Å². The summed E-state index contributed by atoms with van der Waals surface area (Å²) in [4.78, 5) is 2.35. The van der Waals surface area contributed by atoms with Crippen molar-refractivity contribution in [1.29, 1.82) is 0 Å². The normalized spacial score (nSPS) is 15.9. The van der Waals surface area contributed by atoms with Crippen LogP contribution in [0.3, 0.4) is 0 Å². The Morgan fingerprint density at radius 1 is 0.947 bits per heavy atom. The van der Waals surface area contributed by atoms with Crippen LogP contribution in [0.5, 0.6) is 0 Å². The molecule has 0 aromatic carbocycles. The summed E-state index contributed by atoms with van der Waals surface area (Å²) < 4.78 is 16.4. The van der Waals surface area contributed by atoms with Gasteiger partial charge in [-0.15, -0.1) is 0 Å². The highest BCUT2D eigenvalue weighted by atomic mass is 16.5. The van der Waals surface area contributed by atoms with E-state index in [0.29, 0.717) is 32.5 Å². The number of hydrogen-bond donors (Lipinski definition) is 1. The Morgan fingerprint density at radius 3 is 2.05 bits per heavy atom. The fourth-order valence-corrected chi connectivity index (χ4v) is 1.76. The van der Waals surface area contributed by atoms with Crippen LogP contribution in [0.2, 0.25) is 0 Å². The van der Waals surface area contributed by atoms with Gasteiger partial charge in [-0.2, -0.15) is 0 Å². The smallest absolute Gasteiger partial charge is 0.0701 e. The van der Waals surface area contributed by atoms with Crippen molar-refractivity contribution >= 4 is 0 Å². The Bertz CT molecular complexity index is 201. The first kappa shape index (κ1) is 16.9. The molecule has 1 rings (SSSR count). The zero-order valence-electron chi connectivity index (χ0n) is 12.5. The number of hydrogen-bond acceptors (Lipinski definition) is 5. The fraction of sp³-hybridized carbons (Fsp3) is 1.00. The monoisotopic (exact) mass is 274 g/mol. The molecular formula is C14H30N2O3. The number of ether oxygens (including phenoxy) is 3. The van der Waals surface area contributed by atoms with E-state index in [2.05, 4.69) is 24.2 Å². The lowest BCUT2D eigenvalue weighted by molar-refractivity contribution is 0.00834. The van der Waals surface area contributed by atoms with Gasteiger partial charge in [0.05, 0.1) is 33.0 Å². The standard InChI is InChI=1S/C14H30N2O3/c1-3-4-6-17-8-10-19-11-9-18-7-5-16(2)14-12-15-13-14/h14-15H,3-13H2,1-2H3. The number of nitrogens with one attached hydrogen (secondary N) is 1. The minimum Gasteiger partial charge on any atom is -0.379 e. The van der Waals surface area contributed by atoms with Crippen LogP contribution in [0.15, 0.2) is 0 Å². The minimum atomic E-state index is 0.659. The summed E-state index contributed by atoms with van der Waals surface area (Å²) in [5.74, 6) is 0. The number of rotatable bonds is 13. The lowest BCUT2D eigenvalue weighted by Crippen LogP contribution is -2.56. The van der Waals surface area contributed by atoms with Crippen molar-refractivity contribution in [2.45, 2.75) is 25.8 Å². The van der Waals surface area contributed by atoms with Gasteiger partial charge in [-0.05, 0) is 13.5 Å². The largest absolute Gasteiger partial charge is 0.379 e. The molecule has 0 radical (unpaired) electrons. The van der Waals surface area contributed by atoms with E-state index in [4.69, 9.17) is 14.2 Å². The predicted molar refractivity (Wildman–Crippen MR) is 76.7 cm³/mol. The molecule has 1 heterocycles. The van der Waals surface area contributed by atoms with Gasteiger partial charge in [-0.3, -0.25) is 4.90 Å². The van der Waals surface area contributed by atoms with E-state index >= 15 is 0 Å². The van der Waals surface area contributed by atoms with Gasteiger partial charge < -0.3 is 19.5 Å². The van der Waals surface area contributed by atoms with Crippen LogP contribution in [0.25, 0.3) is 0 Å². The second-order valence-corrected chi connectivity index (χ2v) is 4.98. The van der Waals surface area contributed by atoms with Crippen molar-refractivity contribution in [3.05, 3.63) is 0 Å². The molecule has 0 aromatic heterocycles. The molecule has 114 valence electrons. The number of unbranched alkanes of at least 4 members (excludes halogenated alkanes) is 1. The van der Waals surface area contributed by atoms with Crippen molar-refractivity contribution in [2.24, 2.45) is 0 Å². The van der Waals surface area contributed by atoms with E-state index in [1.165, 1.54) is 6.42 Å². The summed E-state index contributed by atoms with van der Waals surface area (Å²) in [5, 5.41) is 3.27. The van der Waals surface area contributed by atoms with E-state index in [9.17, 15) is 0 Å². The van der Waals surface area contributed by atoms with Crippen LogP contribution in [-0.2, 0) is 14.2 Å². The van der Waals surface area contributed by atoms with Crippen LogP contribution >= 0.6 is 0 Å². The summed E-state index contributed by atoms with van der Waals surface area (Å²) in [7, 11) is 2.15. The Kier molecular flexibility index (Phi) is 10.3. The summed E-state index contributed by atoms with van der Waals surface area (Å²) in [6.45, 7) is 9.69. The molecule has 0 aliphatic carbocycles. The zero-order chi connectivity index (χ0) is 13.8. The van der Waals surface area contributed by atoms with Gasteiger partial charge in [-0.1, -0.05) is 13.3 Å². The molecule has 1 fully saturated rings. The van der Waals surface area contributed by atoms with E-state index in [-0.39, 0.29) is 0 Å². The van der Waals surface area contributed by atoms with Crippen molar-refractivity contribution in [3.8, 4) is 0 Å². The molecule has 0 aromatic rings. The topological polar surface area (TPSA) is 43.0 Å². The van der Waals surface area contributed by atoms with Crippen molar-refractivity contribution in [3.63, 3.8) is 0 Å². The Labute approximate surface area is 117 Å². The third-order valence-electron chi connectivity index (χ3n) is 3.36. The van der Waals surface area contributed by atoms with Gasteiger partial charge in [0.25, 0.3) is 0 Å². The first-order chi connectivity index (χ1) is 9.34. The maximum Gasteiger partial charge on any atom is 0.0701 e. The number of likely N-dealkylation sites (N-methyl/N-ethyl adjacent to an activating group) is 1. The maximum absolute atomic E-state index is 5.54. The third kappa shape index (κ3) is 8.55. The summed E-state index contributed by atoms with van der Waals surface area (Å²) in [6, 6.07) is 0.695. The van der Waals surface area contributed by atoms with Gasteiger partial charge in [0.1, 0.15) is 0 Å². The summed E-state index contributed by atoms with van der Waals surface area (Å²) in [6.07, 6.45) is 2.31. The molecule has 0 unspecified atom stereocenters. The summed E-state index contributed by atoms with van der Waals surface area (Å²) in [5.41, 5.74) is 0. The maximum atomic E-state index is 5.54. The summed E-state index contributed by atoms with van der Waals surface area (Å²) >= 11 is 0. The first-order valence-electron chi connectivity index (χ1n) is 7.48. The third-order valence-corrected chi connectivity index (χ3v) is 3.36. The Morgan fingerprint density at radius 2 is 1.53 bits per heavy atom. The zero-order valence-corrected chi connectivity index (χ0v) is 12.5. The second-order valence-electron chi connectivity index (χ2n) is 4.98. The van der Waals surface area contributed by atoms with Crippen LogP contribution in [0.4, 0.5) is 0 Å².